The molecule has 1 amide bonds. The molecular formula is C13H14ClNO3. The van der Waals surface area contributed by atoms with E-state index in [0.717, 1.165) is 5.69 Å². The van der Waals surface area contributed by atoms with E-state index in [0.29, 0.717) is 24.6 Å². The van der Waals surface area contributed by atoms with Crippen LogP contribution >= 0.6 is 11.6 Å². The van der Waals surface area contributed by atoms with Crippen molar-refractivity contribution in [2.24, 2.45) is 5.92 Å². The third-order valence-electron chi connectivity index (χ3n) is 2.91. The highest BCUT2D eigenvalue weighted by Crippen LogP contribution is 2.27. The molecule has 0 spiro atoms. The highest BCUT2D eigenvalue weighted by molar-refractivity contribution is 6.30. The van der Waals surface area contributed by atoms with E-state index in [1.165, 1.54) is 0 Å². The molecule has 1 atom stereocenters. The van der Waals surface area contributed by atoms with Crippen LogP contribution in [0.5, 0.6) is 0 Å². The zero-order valence-electron chi connectivity index (χ0n) is 10.1. The van der Waals surface area contributed by atoms with Crippen LogP contribution in [0, 0.1) is 5.92 Å². The smallest absolute Gasteiger partial charge is 0.318 e. The van der Waals surface area contributed by atoms with Gasteiger partial charge in [0.05, 0.1) is 6.61 Å². The van der Waals surface area contributed by atoms with Gasteiger partial charge in [-0.05, 0) is 37.6 Å². The van der Waals surface area contributed by atoms with Crippen molar-refractivity contribution in [1.82, 2.24) is 0 Å². The molecule has 1 heterocycles. The van der Waals surface area contributed by atoms with E-state index in [4.69, 9.17) is 16.3 Å². The van der Waals surface area contributed by atoms with E-state index < -0.39 is 11.9 Å². The highest BCUT2D eigenvalue weighted by Gasteiger charge is 2.38. The molecule has 4 nitrogen and oxygen atoms in total. The fourth-order valence-electron chi connectivity index (χ4n) is 2.02. The van der Waals surface area contributed by atoms with Gasteiger partial charge in [0.1, 0.15) is 5.92 Å². The number of amides is 1. The predicted octanol–water partition coefficient (Wildman–Crippen LogP) is 2.26. The van der Waals surface area contributed by atoms with Gasteiger partial charge >= 0.3 is 5.97 Å². The number of carbonyl (C=O) groups is 2. The molecule has 18 heavy (non-hydrogen) atoms. The summed E-state index contributed by atoms with van der Waals surface area (Å²) in [7, 11) is 0. The Morgan fingerprint density at radius 3 is 2.72 bits per heavy atom. The number of halogens is 1. The minimum absolute atomic E-state index is 0.198. The molecule has 0 aliphatic carbocycles. The number of ether oxygens (including phenoxy) is 1. The number of hydrogen-bond acceptors (Lipinski definition) is 3. The fraction of sp³-hybridized carbons (Fsp3) is 0.385. The Labute approximate surface area is 110 Å². The van der Waals surface area contributed by atoms with Gasteiger partial charge in [-0.2, -0.15) is 0 Å². The van der Waals surface area contributed by atoms with Crippen molar-refractivity contribution in [3.05, 3.63) is 29.3 Å². The first-order chi connectivity index (χ1) is 8.63. The van der Waals surface area contributed by atoms with Crippen molar-refractivity contribution >= 4 is 29.2 Å². The molecule has 0 saturated carbocycles. The number of rotatable bonds is 3. The van der Waals surface area contributed by atoms with E-state index in [1.54, 1.807) is 36.1 Å². The lowest BCUT2D eigenvalue weighted by Crippen LogP contribution is -2.31. The van der Waals surface area contributed by atoms with Crippen molar-refractivity contribution in [3.63, 3.8) is 0 Å². The van der Waals surface area contributed by atoms with Gasteiger partial charge in [-0.3, -0.25) is 9.59 Å². The first kappa shape index (κ1) is 12.9. The largest absolute Gasteiger partial charge is 0.465 e. The summed E-state index contributed by atoms with van der Waals surface area (Å²) in [5.74, 6) is -1.30. The van der Waals surface area contributed by atoms with Crippen molar-refractivity contribution in [2.45, 2.75) is 13.3 Å². The SMILES string of the molecule is CCOC(=O)[C@H]1CCN(c2ccc(Cl)cc2)C1=O. The first-order valence-electron chi connectivity index (χ1n) is 5.87. The summed E-state index contributed by atoms with van der Waals surface area (Å²) in [4.78, 5) is 25.3. The molecule has 1 saturated heterocycles. The van der Waals surface area contributed by atoms with Crippen LogP contribution in [0.2, 0.25) is 5.02 Å². The molecule has 1 aliphatic heterocycles. The number of carbonyl (C=O) groups excluding carboxylic acids is 2. The van der Waals surface area contributed by atoms with Crippen molar-refractivity contribution in [2.75, 3.05) is 18.1 Å². The van der Waals surface area contributed by atoms with Gasteiger partial charge in [0.2, 0.25) is 5.91 Å². The second-order valence-electron chi connectivity index (χ2n) is 4.06. The lowest BCUT2D eigenvalue weighted by molar-refractivity contribution is -0.150. The van der Waals surface area contributed by atoms with Crippen molar-refractivity contribution < 1.29 is 14.3 Å². The molecule has 1 aliphatic rings. The Bertz CT molecular complexity index is 458. The van der Waals surface area contributed by atoms with Gasteiger partial charge in [-0.15, -0.1) is 0 Å². The van der Waals surface area contributed by atoms with E-state index in [2.05, 4.69) is 0 Å². The number of esters is 1. The zero-order chi connectivity index (χ0) is 13.1. The molecule has 0 aromatic heterocycles. The second kappa shape index (κ2) is 5.40. The molecule has 1 aromatic carbocycles. The van der Waals surface area contributed by atoms with Crippen LogP contribution in [0.1, 0.15) is 13.3 Å². The molecule has 2 rings (SSSR count). The highest BCUT2D eigenvalue weighted by atomic mass is 35.5. The van der Waals surface area contributed by atoms with Gasteiger partial charge < -0.3 is 9.64 Å². The quantitative estimate of drug-likeness (QED) is 0.623. The van der Waals surface area contributed by atoms with Gasteiger partial charge in [0.15, 0.2) is 0 Å². The third-order valence-corrected chi connectivity index (χ3v) is 3.17. The maximum Gasteiger partial charge on any atom is 0.318 e. The average Bonchev–Trinajstić information content (AvgIpc) is 2.73. The summed E-state index contributed by atoms with van der Waals surface area (Å²) in [6.07, 6.45) is 0.500. The number of nitrogens with zero attached hydrogens (tertiary/aromatic N) is 1. The molecule has 5 heteroatoms. The van der Waals surface area contributed by atoms with E-state index in [1.807, 2.05) is 0 Å². The summed E-state index contributed by atoms with van der Waals surface area (Å²) in [5, 5.41) is 0.618. The molecule has 1 fully saturated rings. The fourth-order valence-corrected chi connectivity index (χ4v) is 2.14. The standard InChI is InChI=1S/C13H14ClNO3/c1-2-18-13(17)11-7-8-15(12(11)16)10-5-3-9(14)4-6-10/h3-6,11H,2,7-8H2,1H3/t11-/m0/s1. The van der Waals surface area contributed by atoms with E-state index >= 15 is 0 Å². The van der Waals surface area contributed by atoms with Crippen LogP contribution in [-0.4, -0.2) is 25.0 Å². The molecule has 1 aromatic rings. The molecule has 0 radical (unpaired) electrons. The number of hydrogen-bond donors (Lipinski definition) is 0. The summed E-state index contributed by atoms with van der Waals surface area (Å²) < 4.78 is 4.89. The van der Waals surface area contributed by atoms with Crippen LogP contribution in [-0.2, 0) is 14.3 Å². The molecule has 0 bridgehead atoms. The van der Waals surface area contributed by atoms with Crippen molar-refractivity contribution in [1.29, 1.82) is 0 Å². The normalized spacial score (nSPS) is 19.1. The Kier molecular flexibility index (Phi) is 3.87. The monoisotopic (exact) mass is 267 g/mol. The topological polar surface area (TPSA) is 46.6 Å². The third kappa shape index (κ3) is 2.48. The maximum absolute atomic E-state index is 12.1. The minimum atomic E-state index is -0.666. The Balaban J connectivity index is 2.12. The molecule has 96 valence electrons. The Morgan fingerprint density at radius 2 is 2.11 bits per heavy atom. The average molecular weight is 268 g/mol. The van der Waals surface area contributed by atoms with E-state index in [-0.39, 0.29) is 5.91 Å². The van der Waals surface area contributed by atoms with Crippen molar-refractivity contribution in [3.8, 4) is 0 Å². The van der Waals surface area contributed by atoms with Gasteiger partial charge in [0.25, 0.3) is 0 Å². The summed E-state index contributed by atoms with van der Waals surface area (Å²) in [6.45, 7) is 2.56. The number of benzene rings is 1. The number of anilines is 1. The molecule has 0 unspecified atom stereocenters. The van der Waals surface area contributed by atoms with Crippen LogP contribution in [0.15, 0.2) is 24.3 Å². The Hall–Kier alpha value is -1.55. The van der Waals surface area contributed by atoms with E-state index in [9.17, 15) is 9.59 Å². The molecular weight excluding hydrogens is 254 g/mol. The predicted molar refractivity (Wildman–Crippen MR) is 68.5 cm³/mol. The summed E-state index contributed by atoms with van der Waals surface area (Å²) >= 11 is 5.80. The summed E-state index contributed by atoms with van der Waals surface area (Å²) in [6, 6.07) is 6.99. The van der Waals surface area contributed by atoms with Crippen LogP contribution < -0.4 is 4.90 Å². The van der Waals surface area contributed by atoms with Crippen LogP contribution in [0.3, 0.4) is 0 Å². The second-order valence-corrected chi connectivity index (χ2v) is 4.50. The van der Waals surface area contributed by atoms with Gasteiger partial charge in [0, 0.05) is 17.3 Å². The molecule has 0 N–H and O–H groups in total. The van der Waals surface area contributed by atoms with Crippen LogP contribution in [0.4, 0.5) is 5.69 Å². The first-order valence-corrected chi connectivity index (χ1v) is 6.25. The van der Waals surface area contributed by atoms with Gasteiger partial charge in [-0.1, -0.05) is 11.6 Å². The zero-order valence-corrected chi connectivity index (χ0v) is 10.8. The lowest BCUT2D eigenvalue weighted by atomic mass is 10.1. The maximum atomic E-state index is 12.1. The Morgan fingerprint density at radius 1 is 1.44 bits per heavy atom. The van der Waals surface area contributed by atoms with Crippen LogP contribution in [0.25, 0.3) is 0 Å². The summed E-state index contributed by atoms with van der Waals surface area (Å²) in [5.41, 5.74) is 0.760. The minimum Gasteiger partial charge on any atom is -0.465 e. The lowest BCUT2D eigenvalue weighted by Gasteiger charge is -2.16. The van der Waals surface area contributed by atoms with Gasteiger partial charge in [-0.25, -0.2) is 0 Å².